The molecular weight excluding hydrogens is 246 g/mol. The first kappa shape index (κ1) is 14.1. The molecule has 0 unspecified atom stereocenters. The van der Waals surface area contributed by atoms with Gasteiger partial charge in [-0.1, -0.05) is 42.0 Å². The Balaban J connectivity index is 2.31. The molecule has 2 heteroatoms. The van der Waals surface area contributed by atoms with E-state index in [0.29, 0.717) is 5.57 Å². The first-order valence-corrected chi connectivity index (χ1v) is 6.61. The molecule has 2 aromatic rings. The van der Waals surface area contributed by atoms with Gasteiger partial charge in [-0.2, -0.15) is 0 Å². The summed E-state index contributed by atoms with van der Waals surface area (Å²) in [7, 11) is 4.02. The number of carbonyl (C=O) groups excluding carboxylic acids is 1. The van der Waals surface area contributed by atoms with E-state index in [1.54, 1.807) is 0 Å². The van der Waals surface area contributed by atoms with Crippen molar-refractivity contribution in [3.8, 4) is 0 Å². The Labute approximate surface area is 120 Å². The molecule has 0 aromatic heterocycles. The zero-order chi connectivity index (χ0) is 14.5. The molecule has 0 fully saturated rings. The minimum absolute atomic E-state index is 0.697. The van der Waals surface area contributed by atoms with E-state index in [0.717, 1.165) is 23.1 Å². The van der Waals surface area contributed by atoms with Gasteiger partial charge in [0.2, 0.25) is 0 Å². The lowest BCUT2D eigenvalue weighted by molar-refractivity contribution is -0.103. The predicted octanol–water partition coefficient (Wildman–Crippen LogP) is 3.80. The summed E-state index contributed by atoms with van der Waals surface area (Å²) in [5, 5.41) is 0. The van der Waals surface area contributed by atoms with Gasteiger partial charge in [-0.05, 0) is 36.3 Å². The lowest BCUT2D eigenvalue weighted by atomic mass is 10.0. The summed E-state index contributed by atoms with van der Waals surface area (Å²) in [4.78, 5) is 13.3. The Kier molecular flexibility index (Phi) is 4.36. The molecule has 0 aliphatic carbocycles. The standard InChI is InChI=1S/C18H19NO/c1-14-4-8-16(9-5-14)17(13-20)12-15-6-10-18(11-7-15)19(2)3/h4-13H,1-3H3. The Morgan fingerprint density at radius 1 is 0.950 bits per heavy atom. The van der Waals surface area contributed by atoms with Crippen LogP contribution < -0.4 is 4.90 Å². The van der Waals surface area contributed by atoms with E-state index in [9.17, 15) is 4.79 Å². The van der Waals surface area contributed by atoms with Crippen LogP contribution in [0.15, 0.2) is 48.5 Å². The SMILES string of the molecule is Cc1ccc(C(C=O)=Cc2ccc(N(C)C)cc2)cc1. The van der Waals surface area contributed by atoms with Crippen molar-refractivity contribution in [2.45, 2.75) is 6.92 Å². The Morgan fingerprint density at radius 2 is 1.55 bits per heavy atom. The second-order valence-electron chi connectivity index (χ2n) is 5.07. The molecule has 2 aromatic carbocycles. The Morgan fingerprint density at radius 3 is 2.05 bits per heavy atom. The fraction of sp³-hybridized carbons (Fsp3) is 0.167. The minimum atomic E-state index is 0.697. The highest BCUT2D eigenvalue weighted by atomic mass is 16.1. The topological polar surface area (TPSA) is 20.3 Å². The van der Waals surface area contributed by atoms with Gasteiger partial charge in [0, 0.05) is 25.4 Å². The monoisotopic (exact) mass is 265 g/mol. The average Bonchev–Trinajstić information content (AvgIpc) is 2.46. The molecule has 0 bridgehead atoms. The van der Waals surface area contributed by atoms with Crippen LogP contribution in [0, 0.1) is 6.92 Å². The highest BCUT2D eigenvalue weighted by Crippen LogP contribution is 2.19. The number of hydrogen-bond donors (Lipinski definition) is 0. The van der Waals surface area contributed by atoms with Crippen LogP contribution in [-0.4, -0.2) is 20.4 Å². The van der Waals surface area contributed by atoms with Crippen LogP contribution in [0.5, 0.6) is 0 Å². The van der Waals surface area contributed by atoms with Gasteiger partial charge in [0.1, 0.15) is 0 Å². The van der Waals surface area contributed by atoms with Crippen molar-refractivity contribution < 1.29 is 4.79 Å². The van der Waals surface area contributed by atoms with Gasteiger partial charge in [0.25, 0.3) is 0 Å². The van der Waals surface area contributed by atoms with Gasteiger partial charge in [-0.3, -0.25) is 4.79 Å². The van der Waals surface area contributed by atoms with Gasteiger partial charge in [0.05, 0.1) is 0 Å². The van der Waals surface area contributed by atoms with E-state index in [1.165, 1.54) is 5.56 Å². The molecule has 2 rings (SSSR count). The Bertz CT molecular complexity index is 607. The molecule has 20 heavy (non-hydrogen) atoms. The fourth-order valence-electron chi connectivity index (χ4n) is 1.98. The van der Waals surface area contributed by atoms with Crippen LogP contribution in [-0.2, 0) is 4.79 Å². The average molecular weight is 265 g/mol. The normalized spacial score (nSPS) is 11.2. The second kappa shape index (κ2) is 6.20. The zero-order valence-corrected chi connectivity index (χ0v) is 12.1. The van der Waals surface area contributed by atoms with Crippen molar-refractivity contribution in [2.75, 3.05) is 19.0 Å². The number of aryl methyl sites for hydroxylation is 1. The molecule has 102 valence electrons. The number of benzene rings is 2. The maximum atomic E-state index is 11.3. The lowest BCUT2D eigenvalue weighted by Crippen LogP contribution is -2.07. The molecule has 0 heterocycles. The van der Waals surface area contributed by atoms with E-state index >= 15 is 0 Å². The van der Waals surface area contributed by atoms with E-state index in [2.05, 4.69) is 0 Å². The predicted molar refractivity (Wildman–Crippen MR) is 85.9 cm³/mol. The number of allylic oxidation sites excluding steroid dienone is 1. The lowest BCUT2D eigenvalue weighted by Gasteiger charge is -2.12. The first-order valence-electron chi connectivity index (χ1n) is 6.61. The number of rotatable bonds is 4. The van der Waals surface area contributed by atoms with E-state index in [1.807, 2.05) is 80.5 Å². The van der Waals surface area contributed by atoms with Gasteiger partial charge >= 0.3 is 0 Å². The molecule has 0 aliphatic heterocycles. The third-order valence-corrected chi connectivity index (χ3v) is 3.24. The highest BCUT2D eigenvalue weighted by Gasteiger charge is 2.01. The van der Waals surface area contributed by atoms with Crippen LogP contribution in [0.1, 0.15) is 16.7 Å². The van der Waals surface area contributed by atoms with Crippen LogP contribution in [0.2, 0.25) is 0 Å². The van der Waals surface area contributed by atoms with Gasteiger partial charge in [-0.15, -0.1) is 0 Å². The smallest absolute Gasteiger partial charge is 0.150 e. The molecule has 0 aliphatic rings. The quantitative estimate of drug-likeness (QED) is 0.476. The van der Waals surface area contributed by atoms with E-state index in [4.69, 9.17) is 0 Å². The third-order valence-electron chi connectivity index (χ3n) is 3.24. The molecule has 2 nitrogen and oxygen atoms in total. The van der Waals surface area contributed by atoms with Crippen LogP contribution in [0.25, 0.3) is 11.6 Å². The molecule has 0 atom stereocenters. The largest absolute Gasteiger partial charge is 0.378 e. The molecule has 0 radical (unpaired) electrons. The van der Waals surface area contributed by atoms with Crippen molar-refractivity contribution in [3.63, 3.8) is 0 Å². The van der Waals surface area contributed by atoms with Crippen molar-refractivity contribution in [2.24, 2.45) is 0 Å². The van der Waals surface area contributed by atoms with Crippen molar-refractivity contribution in [1.82, 2.24) is 0 Å². The van der Waals surface area contributed by atoms with Crippen molar-refractivity contribution in [1.29, 1.82) is 0 Å². The first-order chi connectivity index (χ1) is 9.60. The number of nitrogens with zero attached hydrogens (tertiary/aromatic N) is 1. The highest BCUT2D eigenvalue weighted by molar-refractivity contribution is 6.13. The summed E-state index contributed by atoms with van der Waals surface area (Å²) in [6.07, 6.45) is 2.82. The molecule has 0 amide bonds. The van der Waals surface area contributed by atoms with Crippen LogP contribution in [0.4, 0.5) is 5.69 Å². The fourth-order valence-corrected chi connectivity index (χ4v) is 1.98. The number of aldehydes is 1. The second-order valence-corrected chi connectivity index (χ2v) is 5.07. The number of anilines is 1. The van der Waals surface area contributed by atoms with Crippen LogP contribution in [0.3, 0.4) is 0 Å². The van der Waals surface area contributed by atoms with Gasteiger partial charge in [-0.25, -0.2) is 0 Å². The summed E-state index contributed by atoms with van der Waals surface area (Å²) in [6.45, 7) is 2.04. The summed E-state index contributed by atoms with van der Waals surface area (Å²) >= 11 is 0. The van der Waals surface area contributed by atoms with E-state index < -0.39 is 0 Å². The summed E-state index contributed by atoms with van der Waals surface area (Å²) < 4.78 is 0. The summed E-state index contributed by atoms with van der Waals surface area (Å²) in [5.74, 6) is 0. The molecule has 0 N–H and O–H groups in total. The minimum Gasteiger partial charge on any atom is -0.378 e. The van der Waals surface area contributed by atoms with Gasteiger partial charge in [0.15, 0.2) is 6.29 Å². The van der Waals surface area contributed by atoms with Crippen molar-refractivity contribution in [3.05, 3.63) is 65.2 Å². The van der Waals surface area contributed by atoms with Crippen molar-refractivity contribution >= 4 is 23.6 Å². The molecule has 0 spiro atoms. The maximum absolute atomic E-state index is 11.3. The van der Waals surface area contributed by atoms with Gasteiger partial charge < -0.3 is 4.90 Å². The number of hydrogen-bond acceptors (Lipinski definition) is 2. The van der Waals surface area contributed by atoms with E-state index in [-0.39, 0.29) is 0 Å². The summed E-state index contributed by atoms with van der Waals surface area (Å²) in [6, 6.07) is 16.1. The number of carbonyl (C=O) groups is 1. The maximum Gasteiger partial charge on any atom is 0.150 e. The molecule has 0 saturated heterocycles. The summed E-state index contributed by atoms with van der Waals surface area (Å²) in [5.41, 5.74) is 5.00. The zero-order valence-electron chi connectivity index (χ0n) is 12.1. The Hall–Kier alpha value is -2.35. The van der Waals surface area contributed by atoms with Crippen LogP contribution >= 0.6 is 0 Å². The molecular formula is C18H19NO. The molecule has 0 saturated carbocycles. The third kappa shape index (κ3) is 3.35.